The standard InChI is InChI=1S/C19H20F3N3O3S/c1-29(27,28)25-9-8-16-14(12-25)5-3-7-17(16)24-18(26)23-11-13-4-2-6-15(10-13)19(20,21)22/h2-7,10H,8-9,11-12H2,1H3,(H2,23,24,26). The number of nitrogens with zero attached hydrogens (tertiary/aromatic N) is 1. The lowest BCUT2D eigenvalue weighted by molar-refractivity contribution is -0.137. The number of benzene rings is 2. The number of nitrogens with one attached hydrogen (secondary N) is 2. The van der Waals surface area contributed by atoms with Gasteiger partial charge in [0.25, 0.3) is 0 Å². The molecule has 0 unspecified atom stereocenters. The third kappa shape index (κ3) is 5.27. The van der Waals surface area contributed by atoms with Crippen molar-refractivity contribution >= 4 is 21.7 Å². The van der Waals surface area contributed by atoms with Crippen LogP contribution >= 0.6 is 0 Å². The van der Waals surface area contributed by atoms with E-state index in [2.05, 4.69) is 10.6 Å². The second-order valence-electron chi connectivity index (χ2n) is 6.80. The SMILES string of the molecule is CS(=O)(=O)N1CCc2c(cccc2NC(=O)NCc2cccc(C(F)(F)F)c2)C1. The lowest BCUT2D eigenvalue weighted by Crippen LogP contribution is -2.36. The van der Waals surface area contributed by atoms with E-state index in [1.54, 1.807) is 18.2 Å². The second kappa shape index (κ2) is 8.03. The minimum Gasteiger partial charge on any atom is -0.334 e. The molecule has 29 heavy (non-hydrogen) atoms. The molecule has 6 nitrogen and oxygen atoms in total. The number of anilines is 1. The van der Waals surface area contributed by atoms with Gasteiger partial charge in [0, 0.05) is 25.3 Å². The molecular weight excluding hydrogens is 407 g/mol. The molecule has 1 aliphatic rings. The Bertz CT molecular complexity index is 1020. The molecule has 0 spiro atoms. The molecule has 3 rings (SSSR count). The molecule has 0 radical (unpaired) electrons. The summed E-state index contributed by atoms with van der Waals surface area (Å²) in [6, 6.07) is 9.42. The third-order valence-corrected chi connectivity index (χ3v) is 5.91. The zero-order valence-corrected chi connectivity index (χ0v) is 16.4. The molecule has 0 saturated heterocycles. The van der Waals surface area contributed by atoms with Crippen molar-refractivity contribution in [1.29, 1.82) is 0 Å². The number of sulfonamides is 1. The molecule has 0 fully saturated rings. The highest BCUT2D eigenvalue weighted by Gasteiger charge is 2.30. The Hall–Kier alpha value is -2.59. The maximum Gasteiger partial charge on any atom is 0.416 e. The van der Waals surface area contributed by atoms with Gasteiger partial charge in [0.05, 0.1) is 11.8 Å². The van der Waals surface area contributed by atoms with Crippen molar-refractivity contribution in [2.24, 2.45) is 0 Å². The Morgan fingerprint density at radius 1 is 1.17 bits per heavy atom. The normalized spacial score (nSPS) is 14.9. The molecule has 0 atom stereocenters. The summed E-state index contributed by atoms with van der Waals surface area (Å²) in [5, 5.41) is 5.24. The van der Waals surface area contributed by atoms with E-state index in [9.17, 15) is 26.4 Å². The Morgan fingerprint density at radius 2 is 1.90 bits per heavy atom. The van der Waals surface area contributed by atoms with Crippen LogP contribution in [-0.4, -0.2) is 31.6 Å². The van der Waals surface area contributed by atoms with Crippen LogP contribution in [0.5, 0.6) is 0 Å². The maximum absolute atomic E-state index is 12.8. The molecule has 2 aromatic rings. The third-order valence-electron chi connectivity index (χ3n) is 4.66. The van der Waals surface area contributed by atoms with Crippen molar-refractivity contribution < 1.29 is 26.4 Å². The first-order chi connectivity index (χ1) is 13.5. The van der Waals surface area contributed by atoms with Crippen LogP contribution in [0.25, 0.3) is 0 Å². The summed E-state index contributed by atoms with van der Waals surface area (Å²) < 4.78 is 63.2. The molecule has 0 aromatic heterocycles. The van der Waals surface area contributed by atoms with E-state index in [-0.39, 0.29) is 13.1 Å². The van der Waals surface area contributed by atoms with E-state index in [1.807, 2.05) is 0 Å². The minimum atomic E-state index is -4.44. The van der Waals surface area contributed by atoms with Crippen molar-refractivity contribution in [3.05, 3.63) is 64.7 Å². The monoisotopic (exact) mass is 427 g/mol. The zero-order valence-electron chi connectivity index (χ0n) is 15.6. The number of amides is 2. The summed E-state index contributed by atoms with van der Waals surface area (Å²) in [4.78, 5) is 12.2. The highest BCUT2D eigenvalue weighted by Crippen LogP contribution is 2.30. The first-order valence-electron chi connectivity index (χ1n) is 8.81. The maximum atomic E-state index is 12.8. The number of urea groups is 1. The van der Waals surface area contributed by atoms with Gasteiger partial charge in [-0.05, 0) is 41.3 Å². The Kier molecular flexibility index (Phi) is 5.85. The summed E-state index contributed by atoms with van der Waals surface area (Å²) in [5.74, 6) is 0. The fourth-order valence-corrected chi connectivity index (χ4v) is 3.99. The van der Waals surface area contributed by atoms with Crippen LogP contribution in [0.2, 0.25) is 0 Å². The van der Waals surface area contributed by atoms with Crippen molar-refractivity contribution in [3.63, 3.8) is 0 Å². The second-order valence-corrected chi connectivity index (χ2v) is 8.78. The number of halogens is 3. The summed E-state index contributed by atoms with van der Waals surface area (Å²) in [6.45, 7) is 0.485. The highest BCUT2D eigenvalue weighted by molar-refractivity contribution is 7.88. The van der Waals surface area contributed by atoms with E-state index >= 15 is 0 Å². The van der Waals surface area contributed by atoms with Crippen LogP contribution in [0.4, 0.5) is 23.7 Å². The summed E-state index contributed by atoms with van der Waals surface area (Å²) in [6.07, 6.45) is -2.84. The quantitative estimate of drug-likeness (QED) is 0.786. The molecule has 2 aromatic carbocycles. The molecule has 2 amide bonds. The summed E-state index contributed by atoms with van der Waals surface area (Å²) in [5.41, 5.74) is 1.76. The molecular formula is C19H20F3N3O3S. The van der Waals surface area contributed by atoms with Crippen molar-refractivity contribution in [2.75, 3.05) is 18.1 Å². The zero-order chi connectivity index (χ0) is 21.2. The van der Waals surface area contributed by atoms with Crippen LogP contribution in [0.3, 0.4) is 0 Å². The minimum absolute atomic E-state index is 0.0629. The number of rotatable bonds is 4. The Morgan fingerprint density at radius 3 is 2.59 bits per heavy atom. The van der Waals surface area contributed by atoms with Gasteiger partial charge in [-0.15, -0.1) is 0 Å². The fraction of sp³-hybridized carbons (Fsp3) is 0.316. The predicted molar refractivity (Wildman–Crippen MR) is 103 cm³/mol. The Labute approximate surface area is 166 Å². The van der Waals surface area contributed by atoms with Gasteiger partial charge in [0.1, 0.15) is 0 Å². The van der Waals surface area contributed by atoms with Crippen molar-refractivity contribution in [2.45, 2.75) is 25.7 Å². The van der Waals surface area contributed by atoms with E-state index in [4.69, 9.17) is 0 Å². The lowest BCUT2D eigenvalue weighted by Gasteiger charge is -2.28. The topological polar surface area (TPSA) is 78.5 Å². The molecule has 156 valence electrons. The lowest BCUT2D eigenvalue weighted by atomic mass is 9.99. The van der Waals surface area contributed by atoms with Gasteiger partial charge in [-0.1, -0.05) is 24.3 Å². The van der Waals surface area contributed by atoms with Crippen LogP contribution in [0, 0.1) is 0 Å². The first kappa shape index (κ1) is 21.1. The van der Waals surface area contributed by atoms with Gasteiger partial charge < -0.3 is 10.6 Å². The smallest absolute Gasteiger partial charge is 0.334 e. The van der Waals surface area contributed by atoms with Gasteiger partial charge in [-0.25, -0.2) is 13.2 Å². The van der Waals surface area contributed by atoms with E-state index in [1.165, 1.54) is 16.4 Å². The number of carbonyl (C=O) groups excluding carboxylic acids is 1. The van der Waals surface area contributed by atoms with Crippen LogP contribution in [0.15, 0.2) is 42.5 Å². The fourth-order valence-electron chi connectivity index (χ4n) is 3.19. The number of carbonyl (C=O) groups is 1. The molecule has 0 bridgehead atoms. The van der Waals surface area contributed by atoms with Gasteiger partial charge >= 0.3 is 12.2 Å². The highest BCUT2D eigenvalue weighted by atomic mass is 32.2. The van der Waals surface area contributed by atoms with Gasteiger partial charge in [-0.2, -0.15) is 17.5 Å². The molecule has 2 N–H and O–H groups in total. The van der Waals surface area contributed by atoms with Crippen molar-refractivity contribution in [3.8, 4) is 0 Å². The molecule has 1 heterocycles. The largest absolute Gasteiger partial charge is 0.416 e. The van der Waals surface area contributed by atoms with Gasteiger partial charge in [0.2, 0.25) is 10.0 Å². The Balaban J connectivity index is 1.65. The van der Waals surface area contributed by atoms with Gasteiger partial charge in [-0.3, -0.25) is 0 Å². The predicted octanol–water partition coefficient (Wildman–Crippen LogP) is 3.34. The molecule has 0 aliphatic carbocycles. The average Bonchev–Trinajstić information content (AvgIpc) is 2.65. The van der Waals surface area contributed by atoms with Crippen LogP contribution in [0.1, 0.15) is 22.3 Å². The van der Waals surface area contributed by atoms with Crippen LogP contribution in [-0.2, 0) is 35.7 Å². The number of hydrogen-bond acceptors (Lipinski definition) is 3. The summed E-state index contributed by atoms with van der Waals surface area (Å²) >= 11 is 0. The molecule has 10 heteroatoms. The van der Waals surface area contributed by atoms with E-state index in [0.29, 0.717) is 24.2 Å². The number of alkyl halides is 3. The molecule has 1 aliphatic heterocycles. The van der Waals surface area contributed by atoms with Crippen LogP contribution < -0.4 is 10.6 Å². The first-order valence-corrected chi connectivity index (χ1v) is 10.7. The number of hydrogen-bond donors (Lipinski definition) is 2. The van der Waals surface area contributed by atoms with Crippen molar-refractivity contribution in [1.82, 2.24) is 9.62 Å². The van der Waals surface area contributed by atoms with Gasteiger partial charge in [0.15, 0.2) is 0 Å². The summed E-state index contributed by atoms with van der Waals surface area (Å²) in [7, 11) is -3.30. The molecule has 0 saturated carbocycles. The van der Waals surface area contributed by atoms with E-state index in [0.717, 1.165) is 29.5 Å². The van der Waals surface area contributed by atoms with E-state index < -0.39 is 27.8 Å². The number of fused-ring (bicyclic) bond motifs is 1. The average molecular weight is 427 g/mol.